The molecule has 2 aromatic carbocycles. The second-order valence-electron chi connectivity index (χ2n) is 6.32. The molecule has 6 heteroatoms. The topological polar surface area (TPSA) is 54.5 Å². The van der Waals surface area contributed by atoms with Gasteiger partial charge in [0.2, 0.25) is 10.0 Å². The van der Waals surface area contributed by atoms with Crippen molar-refractivity contribution in [1.29, 1.82) is 0 Å². The molecule has 1 aliphatic rings. The van der Waals surface area contributed by atoms with Gasteiger partial charge in [0.25, 0.3) is 0 Å². The van der Waals surface area contributed by atoms with E-state index in [1.165, 1.54) is 16.4 Å². The first kappa shape index (κ1) is 17.8. The number of halogens is 1. The van der Waals surface area contributed by atoms with E-state index >= 15 is 0 Å². The summed E-state index contributed by atoms with van der Waals surface area (Å²) in [4.78, 5) is 12.9. The van der Waals surface area contributed by atoms with E-state index in [2.05, 4.69) is 0 Å². The number of Topliss-reactive ketones (excluding diaryl/α,β-unsaturated/α-hetero) is 1. The van der Waals surface area contributed by atoms with Gasteiger partial charge in [0, 0.05) is 24.6 Å². The molecular formula is C19H20FNO3S. The monoisotopic (exact) mass is 361 g/mol. The van der Waals surface area contributed by atoms with Gasteiger partial charge in [-0.2, -0.15) is 4.31 Å². The number of ketones is 1. The molecule has 0 N–H and O–H groups in total. The molecular weight excluding hydrogens is 341 g/mol. The lowest BCUT2D eigenvalue weighted by molar-refractivity contribution is 0.0875. The van der Waals surface area contributed by atoms with Crippen molar-refractivity contribution in [3.05, 3.63) is 65.5 Å². The van der Waals surface area contributed by atoms with Crippen LogP contribution in [0.25, 0.3) is 0 Å². The number of sulfonamides is 1. The van der Waals surface area contributed by atoms with Crippen LogP contribution in [-0.2, 0) is 10.0 Å². The zero-order valence-electron chi connectivity index (χ0n) is 14.0. The van der Waals surface area contributed by atoms with Crippen molar-refractivity contribution in [2.45, 2.75) is 24.7 Å². The molecule has 0 spiro atoms. The highest BCUT2D eigenvalue weighted by molar-refractivity contribution is 7.89. The molecule has 2 aromatic rings. The fraction of sp³-hybridized carbons (Fsp3) is 0.316. The van der Waals surface area contributed by atoms with Gasteiger partial charge in [-0.1, -0.05) is 18.2 Å². The highest BCUT2D eigenvalue weighted by Gasteiger charge is 2.32. The second kappa shape index (κ2) is 7.06. The van der Waals surface area contributed by atoms with Crippen molar-refractivity contribution in [1.82, 2.24) is 4.31 Å². The molecule has 1 saturated heterocycles. The van der Waals surface area contributed by atoms with Crippen molar-refractivity contribution >= 4 is 15.8 Å². The highest BCUT2D eigenvalue weighted by Crippen LogP contribution is 2.26. The Labute approximate surface area is 147 Å². The van der Waals surface area contributed by atoms with E-state index in [4.69, 9.17) is 0 Å². The molecule has 0 atom stereocenters. The molecule has 0 unspecified atom stereocenters. The van der Waals surface area contributed by atoms with Crippen LogP contribution in [0.15, 0.2) is 53.4 Å². The lowest BCUT2D eigenvalue weighted by Crippen LogP contribution is -2.40. The van der Waals surface area contributed by atoms with Crippen molar-refractivity contribution in [3.63, 3.8) is 0 Å². The number of carbonyl (C=O) groups is 1. The largest absolute Gasteiger partial charge is 0.294 e. The van der Waals surface area contributed by atoms with Gasteiger partial charge < -0.3 is 0 Å². The summed E-state index contributed by atoms with van der Waals surface area (Å²) >= 11 is 0. The zero-order chi connectivity index (χ0) is 18.0. The SMILES string of the molecule is Cc1cc(C(=O)C2CCN(S(=O)(=O)c3ccccc3)CC2)ccc1F. The Balaban J connectivity index is 1.69. The van der Waals surface area contributed by atoms with Crippen LogP contribution in [-0.4, -0.2) is 31.6 Å². The van der Waals surface area contributed by atoms with Gasteiger partial charge in [0.15, 0.2) is 5.78 Å². The van der Waals surface area contributed by atoms with Crippen molar-refractivity contribution in [2.75, 3.05) is 13.1 Å². The summed E-state index contributed by atoms with van der Waals surface area (Å²) in [7, 11) is -3.52. The summed E-state index contributed by atoms with van der Waals surface area (Å²) in [5.74, 6) is -0.604. The van der Waals surface area contributed by atoms with E-state index in [0.717, 1.165) is 0 Å². The number of hydrogen-bond donors (Lipinski definition) is 0. The molecule has 1 aliphatic heterocycles. The molecule has 4 nitrogen and oxygen atoms in total. The number of benzene rings is 2. The lowest BCUT2D eigenvalue weighted by Gasteiger charge is -2.30. The summed E-state index contributed by atoms with van der Waals surface area (Å²) in [5, 5.41) is 0. The van der Waals surface area contributed by atoms with E-state index in [1.54, 1.807) is 43.3 Å². The maximum absolute atomic E-state index is 13.4. The average molecular weight is 361 g/mol. The average Bonchev–Trinajstić information content (AvgIpc) is 2.64. The standard InChI is InChI=1S/C19H20FNO3S/c1-14-13-16(7-8-18(14)20)19(22)15-9-11-21(12-10-15)25(23,24)17-5-3-2-4-6-17/h2-8,13,15H,9-12H2,1H3. The number of nitrogens with zero attached hydrogens (tertiary/aromatic N) is 1. The summed E-state index contributed by atoms with van der Waals surface area (Å²) < 4.78 is 40.0. The van der Waals surface area contributed by atoms with Gasteiger partial charge in [-0.15, -0.1) is 0 Å². The van der Waals surface area contributed by atoms with Crippen LogP contribution in [0.1, 0.15) is 28.8 Å². The van der Waals surface area contributed by atoms with Crippen LogP contribution in [0.5, 0.6) is 0 Å². The van der Waals surface area contributed by atoms with E-state index in [-0.39, 0.29) is 22.4 Å². The molecule has 25 heavy (non-hydrogen) atoms. The summed E-state index contributed by atoms with van der Waals surface area (Å²) in [6.07, 6.45) is 0.947. The molecule has 0 bridgehead atoms. The van der Waals surface area contributed by atoms with Crippen LogP contribution >= 0.6 is 0 Å². The Hall–Kier alpha value is -2.05. The molecule has 0 amide bonds. The van der Waals surface area contributed by atoms with Gasteiger partial charge in [-0.3, -0.25) is 4.79 Å². The first-order valence-corrected chi connectivity index (χ1v) is 9.69. The maximum atomic E-state index is 13.4. The molecule has 3 rings (SSSR count). The Kier molecular flexibility index (Phi) is 5.01. The predicted molar refractivity (Wildman–Crippen MR) is 93.4 cm³/mol. The summed E-state index contributed by atoms with van der Waals surface area (Å²) in [6.45, 7) is 2.25. The number of rotatable bonds is 4. The quantitative estimate of drug-likeness (QED) is 0.784. The summed E-state index contributed by atoms with van der Waals surface area (Å²) in [5.41, 5.74) is 0.929. The van der Waals surface area contributed by atoms with Crippen LogP contribution < -0.4 is 0 Å². The maximum Gasteiger partial charge on any atom is 0.243 e. The molecule has 0 radical (unpaired) electrons. The molecule has 0 saturated carbocycles. The van der Waals surface area contributed by atoms with Gasteiger partial charge in [0.05, 0.1) is 4.90 Å². The van der Waals surface area contributed by atoms with Gasteiger partial charge in [-0.05, 0) is 55.7 Å². The van der Waals surface area contributed by atoms with E-state index in [9.17, 15) is 17.6 Å². The number of carbonyl (C=O) groups excluding carboxylic acids is 1. The fourth-order valence-electron chi connectivity index (χ4n) is 3.13. The Morgan fingerprint density at radius 3 is 2.32 bits per heavy atom. The predicted octanol–water partition coefficient (Wildman–Crippen LogP) is 3.42. The number of piperidine rings is 1. The minimum atomic E-state index is -3.52. The number of hydrogen-bond acceptors (Lipinski definition) is 3. The fourth-order valence-corrected chi connectivity index (χ4v) is 4.62. The van der Waals surface area contributed by atoms with Crippen LogP contribution in [0.2, 0.25) is 0 Å². The van der Waals surface area contributed by atoms with E-state index in [1.807, 2.05) is 0 Å². The van der Waals surface area contributed by atoms with Crippen LogP contribution in [0.3, 0.4) is 0 Å². The Morgan fingerprint density at radius 2 is 1.72 bits per heavy atom. The minimum absolute atomic E-state index is 0.0418. The van der Waals surface area contributed by atoms with Crippen LogP contribution in [0.4, 0.5) is 4.39 Å². The second-order valence-corrected chi connectivity index (χ2v) is 8.26. The minimum Gasteiger partial charge on any atom is -0.294 e. The van der Waals surface area contributed by atoms with Gasteiger partial charge in [0.1, 0.15) is 5.82 Å². The molecule has 1 fully saturated rings. The van der Waals surface area contributed by atoms with Gasteiger partial charge in [-0.25, -0.2) is 12.8 Å². The molecule has 1 heterocycles. The normalized spacial score (nSPS) is 16.7. The number of aryl methyl sites for hydroxylation is 1. The first-order chi connectivity index (χ1) is 11.9. The third-order valence-electron chi connectivity index (χ3n) is 4.65. The third-order valence-corrected chi connectivity index (χ3v) is 6.56. The van der Waals surface area contributed by atoms with Gasteiger partial charge >= 0.3 is 0 Å². The lowest BCUT2D eigenvalue weighted by atomic mass is 9.89. The molecule has 0 aromatic heterocycles. The smallest absolute Gasteiger partial charge is 0.243 e. The zero-order valence-corrected chi connectivity index (χ0v) is 14.8. The van der Waals surface area contributed by atoms with Crippen molar-refractivity contribution < 1.29 is 17.6 Å². The Morgan fingerprint density at radius 1 is 1.08 bits per heavy atom. The van der Waals surface area contributed by atoms with Crippen molar-refractivity contribution in [3.8, 4) is 0 Å². The van der Waals surface area contributed by atoms with Crippen LogP contribution in [0, 0.1) is 18.7 Å². The molecule has 132 valence electrons. The van der Waals surface area contributed by atoms with E-state index < -0.39 is 10.0 Å². The van der Waals surface area contributed by atoms with Crippen molar-refractivity contribution in [2.24, 2.45) is 5.92 Å². The van der Waals surface area contributed by atoms with E-state index in [0.29, 0.717) is 37.1 Å². The summed E-state index contributed by atoms with van der Waals surface area (Å²) in [6, 6.07) is 12.7. The highest BCUT2D eigenvalue weighted by atomic mass is 32.2. The first-order valence-electron chi connectivity index (χ1n) is 8.25. The third kappa shape index (κ3) is 3.65. The molecule has 0 aliphatic carbocycles. The Bertz CT molecular complexity index is 873.